The number of hydrogen-bond donors (Lipinski definition) is 0. The van der Waals surface area contributed by atoms with E-state index in [9.17, 15) is 0 Å². The minimum Gasteiger partial charge on any atom is -0.303 e. The SMILES string of the molecule is CCCC(C)CN1CCC(CC2CCN(CCC)CC2)CC1. The molecule has 1 atom stereocenters. The van der Waals surface area contributed by atoms with Crippen LogP contribution in [0.4, 0.5) is 0 Å². The quantitative estimate of drug-likeness (QED) is 0.644. The lowest BCUT2D eigenvalue weighted by Crippen LogP contribution is -2.38. The molecule has 0 aromatic carbocycles. The molecule has 22 heavy (non-hydrogen) atoms. The monoisotopic (exact) mass is 308 g/mol. The molecule has 2 heteroatoms. The molecule has 1 unspecified atom stereocenters. The Labute approximate surface area is 139 Å². The first-order valence-corrected chi connectivity index (χ1v) is 10.2. The van der Waals surface area contributed by atoms with Gasteiger partial charge in [0.15, 0.2) is 0 Å². The third-order valence-corrected chi connectivity index (χ3v) is 5.97. The summed E-state index contributed by atoms with van der Waals surface area (Å²) in [6, 6.07) is 0. The van der Waals surface area contributed by atoms with Crippen LogP contribution in [0.5, 0.6) is 0 Å². The lowest BCUT2D eigenvalue weighted by Gasteiger charge is -2.37. The molecule has 0 spiro atoms. The van der Waals surface area contributed by atoms with E-state index in [2.05, 4.69) is 30.6 Å². The Kier molecular flexibility index (Phi) is 8.24. The maximum Gasteiger partial charge on any atom is 0.000702 e. The molecule has 2 heterocycles. The highest BCUT2D eigenvalue weighted by Gasteiger charge is 2.25. The van der Waals surface area contributed by atoms with Gasteiger partial charge in [-0.05, 0) is 95.4 Å². The Morgan fingerprint density at radius 2 is 1.36 bits per heavy atom. The predicted molar refractivity (Wildman–Crippen MR) is 97.3 cm³/mol. The molecule has 2 aliphatic rings. The molecule has 0 aromatic rings. The number of hydrogen-bond acceptors (Lipinski definition) is 2. The summed E-state index contributed by atoms with van der Waals surface area (Å²) in [6.45, 7) is 15.2. The van der Waals surface area contributed by atoms with E-state index in [1.807, 2.05) is 0 Å². The smallest absolute Gasteiger partial charge is 0.000702 e. The van der Waals surface area contributed by atoms with Crippen LogP contribution >= 0.6 is 0 Å². The average Bonchev–Trinajstić information content (AvgIpc) is 2.52. The third-order valence-electron chi connectivity index (χ3n) is 5.97. The molecule has 2 aliphatic heterocycles. The number of nitrogens with zero attached hydrogens (tertiary/aromatic N) is 2. The van der Waals surface area contributed by atoms with Gasteiger partial charge in [-0.1, -0.05) is 27.2 Å². The zero-order chi connectivity index (χ0) is 15.8. The van der Waals surface area contributed by atoms with Crippen molar-refractivity contribution < 1.29 is 0 Å². The van der Waals surface area contributed by atoms with Gasteiger partial charge in [-0.2, -0.15) is 0 Å². The minimum absolute atomic E-state index is 0.893. The number of rotatable bonds is 8. The van der Waals surface area contributed by atoms with E-state index in [0.717, 1.165) is 17.8 Å². The molecule has 2 rings (SSSR count). The molecular weight excluding hydrogens is 268 g/mol. The van der Waals surface area contributed by atoms with Crippen molar-refractivity contribution in [3.63, 3.8) is 0 Å². The molecule has 130 valence electrons. The molecule has 2 nitrogen and oxygen atoms in total. The van der Waals surface area contributed by atoms with Gasteiger partial charge >= 0.3 is 0 Å². The molecule has 2 fully saturated rings. The summed E-state index contributed by atoms with van der Waals surface area (Å²) in [5.41, 5.74) is 0. The van der Waals surface area contributed by atoms with Crippen LogP contribution in [0.25, 0.3) is 0 Å². The topological polar surface area (TPSA) is 6.48 Å². The van der Waals surface area contributed by atoms with Crippen LogP contribution in [0.3, 0.4) is 0 Å². The fourth-order valence-corrected chi connectivity index (χ4v) is 4.66. The lowest BCUT2D eigenvalue weighted by molar-refractivity contribution is 0.124. The first kappa shape index (κ1) is 18.3. The van der Waals surface area contributed by atoms with Crippen LogP contribution in [0.1, 0.15) is 72.1 Å². The van der Waals surface area contributed by atoms with Gasteiger partial charge in [-0.3, -0.25) is 0 Å². The van der Waals surface area contributed by atoms with Gasteiger partial charge in [0.2, 0.25) is 0 Å². The van der Waals surface area contributed by atoms with E-state index in [0.29, 0.717) is 0 Å². The molecule has 0 saturated carbocycles. The molecule has 0 amide bonds. The standard InChI is InChI=1S/C20H40N2/c1-4-6-18(3)17-22-14-9-20(10-15-22)16-19-7-12-21(11-5-2)13-8-19/h18-20H,4-17H2,1-3H3. The van der Waals surface area contributed by atoms with Crippen LogP contribution in [0.15, 0.2) is 0 Å². The maximum atomic E-state index is 2.74. The van der Waals surface area contributed by atoms with Crippen LogP contribution < -0.4 is 0 Å². The van der Waals surface area contributed by atoms with Crippen molar-refractivity contribution in [3.05, 3.63) is 0 Å². The fourth-order valence-electron chi connectivity index (χ4n) is 4.66. The second-order valence-electron chi connectivity index (χ2n) is 8.16. The van der Waals surface area contributed by atoms with Crippen molar-refractivity contribution in [3.8, 4) is 0 Å². The number of piperidine rings is 2. The maximum absolute atomic E-state index is 2.74. The lowest BCUT2D eigenvalue weighted by atomic mass is 9.82. The molecule has 0 aromatic heterocycles. The van der Waals surface area contributed by atoms with Crippen molar-refractivity contribution in [2.75, 3.05) is 39.3 Å². The van der Waals surface area contributed by atoms with Crippen molar-refractivity contribution in [2.45, 2.75) is 72.1 Å². The van der Waals surface area contributed by atoms with Gasteiger partial charge < -0.3 is 9.80 Å². The first-order chi connectivity index (χ1) is 10.7. The fraction of sp³-hybridized carbons (Fsp3) is 1.00. The zero-order valence-corrected chi connectivity index (χ0v) is 15.5. The second-order valence-corrected chi connectivity index (χ2v) is 8.16. The Morgan fingerprint density at radius 1 is 0.818 bits per heavy atom. The zero-order valence-electron chi connectivity index (χ0n) is 15.5. The van der Waals surface area contributed by atoms with Gasteiger partial charge in [-0.15, -0.1) is 0 Å². The molecule has 2 saturated heterocycles. The van der Waals surface area contributed by atoms with Crippen molar-refractivity contribution in [1.29, 1.82) is 0 Å². The van der Waals surface area contributed by atoms with E-state index in [1.165, 1.54) is 90.6 Å². The Bertz CT molecular complexity index is 275. The van der Waals surface area contributed by atoms with E-state index in [-0.39, 0.29) is 0 Å². The summed E-state index contributed by atoms with van der Waals surface area (Å²) in [7, 11) is 0. The normalized spacial score (nSPS) is 24.7. The number of likely N-dealkylation sites (tertiary alicyclic amines) is 2. The third kappa shape index (κ3) is 6.20. The summed E-state index contributed by atoms with van der Waals surface area (Å²) in [5, 5.41) is 0. The van der Waals surface area contributed by atoms with Gasteiger partial charge in [-0.25, -0.2) is 0 Å². The highest BCUT2D eigenvalue weighted by Crippen LogP contribution is 2.30. The summed E-state index contributed by atoms with van der Waals surface area (Å²) in [6.07, 6.45) is 11.5. The first-order valence-electron chi connectivity index (χ1n) is 10.2. The van der Waals surface area contributed by atoms with Gasteiger partial charge in [0.25, 0.3) is 0 Å². The van der Waals surface area contributed by atoms with E-state index < -0.39 is 0 Å². The van der Waals surface area contributed by atoms with Crippen LogP contribution in [0.2, 0.25) is 0 Å². The highest BCUT2D eigenvalue weighted by molar-refractivity contribution is 4.79. The Hall–Kier alpha value is -0.0800. The van der Waals surface area contributed by atoms with Crippen molar-refractivity contribution >= 4 is 0 Å². The minimum atomic E-state index is 0.893. The van der Waals surface area contributed by atoms with E-state index in [1.54, 1.807) is 0 Å². The second kappa shape index (κ2) is 9.93. The van der Waals surface area contributed by atoms with Gasteiger partial charge in [0.05, 0.1) is 0 Å². The van der Waals surface area contributed by atoms with E-state index >= 15 is 0 Å². The van der Waals surface area contributed by atoms with Crippen LogP contribution in [-0.2, 0) is 0 Å². The highest BCUT2D eigenvalue weighted by atomic mass is 15.1. The van der Waals surface area contributed by atoms with Gasteiger partial charge in [0, 0.05) is 6.54 Å². The average molecular weight is 309 g/mol. The van der Waals surface area contributed by atoms with Gasteiger partial charge in [0.1, 0.15) is 0 Å². The Balaban J connectivity index is 1.60. The summed E-state index contributed by atoms with van der Waals surface area (Å²) in [4.78, 5) is 5.41. The predicted octanol–water partition coefficient (Wildman–Crippen LogP) is 4.65. The van der Waals surface area contributed by atoms with Crippen LogP contribution in [-0.4, -0.2) is 49.1 Å². The summed E-state index contributed by atoms with van der Waals surface area (Å²) >= 11 is 0. The van der Waals surface area contributed by atoms with Crippen molar-refractivity contribution in [2.24, 2.45) is 17.8 Å². The van der Waals surface area contributed by atoms with E-state index in [4.69, 9.17) is 0 Å². The molecule has 0 radical (unpaired) electrons. The van der Waals surface area contributed by atoms with Crippen molar-refractivity contribution in [1.82, 2.24) is 9.80 Å². The van der Waals surface area contributed by atoms with Crippen LogP contribution in [0, 0.1) is 17.8 Å². The summed E-state index contributed by atoms with van der Waals surface area (Å²) < 4.78 is 0. The molecule has 0 bridgehead atoms. The Morgan fingerprint density at radius 3 is 1.86 bits per heavy atom. The molecule has 0 N–H and O–H groups in total. The summed E-state index contributed by atoms with van der Waals surface area (Å²) in [5.74, 6) is 2.95. The molecular formula is C20H40N2. The largest absolute Gasteiger partial charge is 0.303 e. The molecule has 0 aliphatic carbocycles.